The van der Waals surface area contributed by atoms with Crippen molar-refractivity contribution in [3.8, 4) is 0 Å². The molecular weight excluding hydrogens is 234 g/mol. The maximum Gasteiger partial charge on any atom is 0.147 e. The van der Waals surface area contributed by atoms with E-state index >= 15 is 0 Å². The predicted octanol–water partition coefficient (Wildman–Crippen LogP) is 1.48. The number of hydrogen-bond acceptors (Lipinski definition) is 3. The van der Waals surface area contributed by atoms with E-state index in [-0.39, 0.29) is 11.8 Å². The average Bonchev–Trinajstić information content (AvgIpc) is 2.18. The first-order valence-electron chi connectivity index (χ1n) is 5.98. The summed E-state index contributed by atoms with van der Waals surface area (Å²) in [5.41, 5.74) is 8.86. The first-order chi connectivity index (χ1) is 7.97. The molecule has 0 bridgehead atoms. The molecule has 1 aliphatic rings. The third-order valence-corrected chi connectivity index (χ3v) is 4.49. The fraction of sp³-hybridized carbons (Fsp3) is 0.538. The summed E-state index contributed by atoms with van der Waals surface area (Å²) < 4.78 is 22.0. The summed E-state index contributed by atoms with van der Waals surface area (Å²) in [6.45, 7) is 0. The summed E-state index contributed by atoms with van der Waals surface area (Å²) >= 11 is 0. The maximum atomic E-state index is 11.0. The van der Waals surface area contributed by atoms with Gasteiger partial charge in [-0.2, -0.15) is 0 Å². The molecule has 94 valence electrons. The van der Waals surface area contributed by atoms with Gasteiger partial charge < -0.3 is 5.73 Å². The molecule has 2 unspecified atom stereocenters. The minimum absolute atomic E-state index is 0.0895. The van der Waals surface area contributed by atoms with Crippen molar-refractivity contribution in [1.82, 2.24) is 0 Å². The van der Waals surface area contributed by atoms with Gasteiger partial charge in [0.05, 0.1) is 0 Å². The molecule has 0 spiro atoms. The molecule has 1 aromatic carbocycles. The molecule has 1 aliphatic carbocycles. The number of nitrogens with two attached hydrogens (primary N) is 1. The molecule has 17 heavy (non-hydrogen) atoms. The van der Waals surface area contributed by atoms with Crippen molar-refractivity contribution < 1.29 is 8.42 Å². The van der Waals surface area contributed by atoms with Crippen LogP contribution in [0.3, 0.4) is 0 Å². The zero-order valence-electron chi connectivity index (χ0n) is 10.1. The number of benzene rings is 1. The minimum Gasteiger partial charge on any atom is -0.327 e. The summed E-state index contributed by atoms with van der Waals surface area (Å²) in [4.78, 5) is 0. The summed E-state index contributed by atoms with van der Waals surface area (Å²) in [5, 5.41) is 0. The molecule has 4 heteroatoms. The molecule has 0 radical (unpaired) electrons. The molecule has 0 heterocycles. The van der Waals surface area contributed by atoms with Gasteiger partial charge in [-0.3, -0.25) is 0 Å². The second kappa shape index (κ2) is 4.78. The van der Waals surface area contributed by atoms with E-state index in [0.29, 0.717) is 12.3 Å². The second-order valence-electron chi connectivity index (χ2n) is 4.95. The summed E-state index contributed by atoms with van der Waals surface area (Å²) in [6, 6.07) is 8.43. The number of fused-ring (bicyclic) bond motifs is 1. The highest BCUT2D eigenvalue weighted by atomic mass is 32.2. The molecule has 0 aliphatic heterocycles. The Balaban J connectivity index is 1.85. The van der Waals surface area contributed by atoms with Gasteiger partial charge >= 0.3 is 0 Å². The van der Waals surface area contributed by atoms with Crippen LogP contribution in [0, 0.1) is 0 Å². The Labute approximate surface area is 103 Å². The first-order valence-corrected chi connectivity index (χ1v) is 8.04. The third kappa shape index (κ3) is 3.07. The summed E-state index contributed by atoms with van der Waals surface area (Å²) in [7, 11) is -2.85. The van der Waals surface area contributed by atoms with Crippen LogP contribution in [0.1, 0.15) is 29.9 Å². The first kappa shape index (κ1) is 12.6. The highest BCUT2D eigenvalue weighted by Gasteiger charge is 2.30. The predicted molar refractivity (Wildman–Crippen MR) is 69.8 cm³/mol. The summed E-state index contributed by atoms with van der Waals surface area (Å²) in [5.74, 6) is 0.667. The van der Waals surface area contributed by atoms with Gasteiger partial charge in [0, 0.05) is 24.0 Å². The van der Waals surface area contributed by atoms with Crippen molar-refractivity contribution in [3.63, 3.8) is 0 Å². The van der Waals surface area contributed by atoms with E-state index in [0.717, 1.165) is 12.8 Å². The lowest BCUT2D eigenvalue weighted by molar-refractivity contribution is 0.454. The van der Waals surface area contributed by atoms with Crippen molar-refractivity contribution in [2.75, 3.05) is 12.0 Å². The van der Waals surface area contributed by atoms with E-state index < -0.39 is 9.84 Å². The zero-order valence-corrected chi connectivity index (χ0v) is 10.9. The molecule has 0 amide bonds. The zero-order chi connectivity index (χ0) is 12.5. The Morgan fingerprint density at radius 2 is 2.12 bits per heavy atom. The van der Waals surface area contributed by atoms with Gasteiger partial charge in [0.2, 0.25) is 0 Å². The summed E-state index contributed by atoms with van der Waals surface area (Å²) in [6.07, 6.45) is 3.76. The quantitative estimate of drug-likeness (QED) is 0.864. The number of hydrogen-bond donors (Lipinski definition) is 1. The molecule has 0 saturated carbocycles. The lowest BCUT2D eigenvalue weighted by atomic mass is 9.73. The Kier molecular flexibility index (Phi) is 3.54. The van der Waals surface area contributed by atoms with Gasteiger partial charge in [-0.05, 0) is 30.4 Å². The Bertz CT molecular complexity index is 496. The van der Waals surface area contributed by atoms with E-state index in [1.54, 1.807) is 0 Å². The van der Waals surface area contributed by atoms with E-state index in [2.05, 4.69) is 12.1 Å². The van der Waals surface area contributed by atoms with Gasteiger partial charge in [-0.1, -0.05) is 24.3 Å². The average molecular weight is 253 g/mol. The second-order valence-corrected chi connectivity index (χ2v) is 7.21. The number of sulfone groups is 1. The SMILES string of the molecule is CS(=O)(=O)CCCC(N)C1Cc2ccccc21. The van der Waals surface area contributed by atoms with Gasteiger partial charge in [-0.25, -0.2) is 8.42 Å². The van der Waals surface area contributed by atoms with Crippen LogP contribution in [-0.4, -0.2) is 26.5 Å². The van der Waals surface area contributed by atoms with Crippen LogP contribution in [0.25, 0.3) is 0 Å². The van der Waals surface area contributed by atoms with Crippen LogP contribution in [0.4, 0.5) is 0 Å². The number of rotatable bonds is 5. The van der Waals surface area contributed by atoms with Gasteiger partial charge in [-0.15, -0.1) is 0 Å². The monoisotopic (exact) mass is 253 g/mol. The van der Waals surface area contributed by atoms with Gasteiger partial charge in [0.1, 0.15) is 9.84 Å². The van der Waals surface area contributed by atoms with Gasteiger partial charge in [0.15, 0.2) is 0 Å². The molecule has 0 saturated heterocycles. The fourth-order valence-corrected chi connectivity index (χ4v) is 3.15. The third-order valence-electron chi connectivity index (χ3n) is 3.46. The minimum atomic E-state index is -2.85. The van der Waals surface area contributed by atoms with E-state index in [4.69, 9.17) is 5.73 Å². The van der Waals surface area contributed by atoms with E-state index in [1.165, 1.54) is 17.4 Å². The van der Waals surface area contributed by atoms with Crippen molar-refractivity contribution >= 4 is 9.84 Å². The maximum absolute atomic E-state index is 11.0. The van der Waals surface area contributed by atoms with Crippen LogP contribution in [0.5, 0.6) is 0 Å². The van der Waals surface area contributed by atoms with E-state index in [1.807, 2.05) is 12.1 Å². The van der Waals surface area contributed by atoms with Crippen LogP contribution < -0.4 is 5.73 Å². The normalized spacial score (nSPS) is 20.5. The molecule has 2 atom stereocenters. The lowest BCUT2D eigenvalue weighted by Gasteiger charge is -2.34. The topological polar surface area (TPSA) is 60.2 Å². The Morgan fingerprint density at radius 3 is 2.76 bits per heavy atom. The molecular formula is C13H19NO2S. The Hall–Kier alpha value is -0.870. The molecule has 2 N–H and O–H groups in total. The van der Waals surface area contributed by atoms with Crippen molar-refractivity contribution in [2.24, 2.45) is 5.73 Å². The largest absolute Gasteiger partial charge is 0.327 e. The van der Waals surface area contributed by atoms with Crippen LogP contribution in [-0.2, 0) is 16.3 Å². The Morgan fingerprint density at radius 1 is 1.41 bits per heavy atom. The smallest absolute Gasteiger partial charge is 0.147 e. The van der Waals surface area contributed by atoms with Gasteiger partial charge in [0.25, 0.3) is 0 Å². The van der Waals surface area contributed by atoms with Crippen molar-refractivity contribution in [3.05, 3.63) is 35.4 Å². The molecule has 0 fully saturated rings. The molecule has 0 aromatic heterocycles. The van der Waals surface area contributed by atoms with Crippen molar-refractivity contribution in [1.29, 1.82) is 0 Å². The van der Waals surface area contributed by atoms with Crippen LogP contribution in [0.15, 0.2) is 24.3 Å². The molecule has 1 aromatic rings. The standard InChI is InChI=1S/C13H19NO2S/c1-17(15,16)8-4-7-13(14)12-9-10-5-2-3-6-11(10)12/h2-3,5-6,12-13H,4,7-9,14H2,1H3. The van der Waals surface area contributed by atoms with Crippen LogP contribution >= 0.6 is 0 Å². The fourth-order valence-electron chi connectivity index (χ4n) is 2.46. The molecule has 2 rings (SSSR count). The highest BCUT2D eigenvalue weighted by Crippen LogP contribution is 2.37. The van der Waals surface area contributed by atoms with E-state index in [9.17, 15) is 8.42 Å². The lowest BCUT2D eigenvalue weighted by Crippen LogP contribution is -2.35. The molecule has 3 nitrogen and oxygen atoms in total. The highest BCUT2D eigenvalue weighted by molar-refractivity contribution is 7.90. The van der Waals surface area contributed by atoms with Crippen molar-refractivity contribution in [2.45, 2.75) is 31.2 Å². The van der Waals surface area contributed by atoms with Crippen LogP contribution in [0.2, 0.25) is 0 Å².